The number of fused-ring (bicyclic) bond motifs is 1. The van der Waals surface area contributed by atoms with Crippen LogP contribution in [-0.4, -0.2) is 62.2 Å². The molecule has 2 aliphatic carbocycles. The Morgan fingerprint density at radius 2 is 1.53 bits per heavy atom. The summed E-state index contributed by atoms with van der Waals surface area (Å²) in [7, 11) is -7.45. The van der Waals surface area contributed by atoms with Crippen molar-refractivity contribution in [3.63, 3.8) is 0 Å². The molecule has 0 N–H and O–H groups in total. The second kappa shape index (κ2) is 9.68. The van der Waals surface area contributed by atoms with Gasteiger partial charge in [0, 0.05) is 36.0 Å². The van der Waals surface area contributed by atoms with E-state index in [0.717, 1.165) is 24.6 Å². The second-order valence-electron chi connectivity index (χ2n) is 12.2. The Kier molecular flexibility index (Phi) is 7.07. The van der Waals surface area contributed by atoms with Gasteiger partial charge in [-0.25, -0.2) is 21.1 Å². The smallest absolute Gasteiger partial charge is 0.244 e. The standard InChI is InChI=1S/C29H40N2O5S2/c1-21-14-17-29(22(2)32,28(21,3)4)20-37(33,34)30-18-15-25(16-19-30)31(24-12-13-24)38(35,36)27-11-7-9-23-8-5-6-10-26(23)27/h5-11,21,24-25H,12-20H2,1-4H3. The van der Waals surface area contributed by atoms with Crippen molar-refractivity contribution >= 4 is 36.6 Å². The highest BCUT2D eigenvalue weighted by Gasteiger charge is 2.58. The topological polar surface area (TPSA) is 91.8 Å². The Hall–Kier alpha value is -1.81. The number of ketones is 1. The molecule has 0 spiro atoms. The zero-order chi connectivity index (χ0) is 27.5. The molecular weight excluding hydrogens is 520 g/mol. The summed E-state index contributed by atoms with van der Waals surface area (Å²) in [5.74, 6) is 0.0444. The van der Waals surface area contributed by atoms with Crippen molar-refractivity contribution in [3.8, 4) is 0 Å². The number of carbonyl (C=O) groups is 1. The van der Waals surface area contributed by atoms with Crippen LogP contribution in [0, 0.1) is 16.7 Å². The first-order valence-corrected chi connectivity index (χ1v) is 16.9. The van der Waals surface area contributed by atoms with E-state index in [1.165, 1.54) is 11.2 Å². The van der Waals surface area contributed by atoms with Crippen LogP contribution in [0.1, 0.15) is 66.2 Å². The number of sulfonamides is 2. The van der Waals surface area contributed by atoms with Gasteiger partial charge in [0.1, 0.15) is 5.78 Å². The van der Waals surface area contributed by atoms with Crippen LogP contribution < -0.4 is 0 Å². The predicted molar refractivity (Wildman–Crippen MR) is 150 cm³/mol. The number of Topliss-reactive ketones (excluding diaryl/α,β-unsaturated/α-hetero) is 1. The number of rotatable bonds is 8. The molecule has 3 fully saturated rings. The van der Waals surface area contributed by atoms with E-state index in [1.54, 1.807) is 16.4 Å². The zero-order valence-corrected chi connectivity index (χ0v) is 24.5. The van der Waals surface area contributed by atoms with E-state index in [1.807, 2.05) is 44.2 Å². The summed E-state index contributed by atoms with van der Waals surface area (Å²) in [6.07, 6.45) is 3.99. The lowest BCUT2D eigenvalue weighted by molar-refractivity contribution is -0.130. The molecule has 0 amide bonds. The number of nitrogens with zero attached hydrogens (tertiary/aromatic N) is 2. The maximum absolute atomic E-state index is 14.0. The third-order valence-electron chi connectivity index (χ3n) is 9.96. The van der Waals surface area contributed by atoms with Crippen molar-refractivity contribution < 1.29 is 21.6 Å². The zero-order valence-electron chi connectivity index (χ0n) is 22.9. The van der Waals surface area contributed by atoms with Crippen LogP contribution in [0.3, 0.4) is 0 Å². The van der Waals surface area contributed by atoms with Gasteiger partial charge in [0.25, 0.3) is 0 Å². The van der Waals surface area contributed by atoms with Gasteiger partial charge in [-0.2, -0.15) is 4.31 Å². The lowest BCUT2D eigenvalue weighted by atomic mass is 9.64. The van der Waals surface area contributed by atoms with Crippen LogP contribution in [0.4, 0.5) is 0 Å². The fraction of sp³-hybridized carbons (Fsp3) is 0.621. The van der Waals surface area contributed by atoms with Gasteiger partial charge in [0.15, 0.2) is 0 Å². The van der Waals surface area contributed by atoms with Crippen LogP contribution in [0.15, 0.2) is 47.4 Å². The van der Waals surface area contributed by atoms with Crippen molar-refractivity contribution in [2.45, 2.75) is 83.2 Å². The van der Waals surface area contributed by atoms with E-state index in [0.29, 0.717) is 29.5 Å². The molecule has 5 rings (SSSR count). The number of benzene rings is 2. The van der Waals surface area contributed by atoms with Gasteiger partial charge < -0.3 is 0 Å². The SMILES string of the molecule is CC(=O)C1(CS(=O)(=O)N2CCC(N(C3CC3)S(=O)(=O)c3cccc4ccccc34)CC2)CCC(C)C1(C)C. The summed E-state index contributed by atoms with van der Waals surface area (Å²) in [6, 6.07) is 12.6. The minimum atomic E-state index is -3.76. The molecule has 38 heavy (non-hydrogen) atoms. The fourth-order valence-corrected chi connectivity index (χ4v) is 11.4. The molecule has 9 heteroatoms. The van der Waals surface area contributed by atoms with Gasteiger partial charge in [-0.05, 0) is 68.2 Å². The minimum absolute atomic E-state index is 0.0334. The molecule has 2 aromatic carbocycles. The van der Waals surface area contributed by atoms with Gasteiger partial charge in [0.05, 0.1) is 10.6 Å². The Bertz CT molecular complexity index is 1440. The van der Waals surface area contributed by atoms with Gasteiger partial charge in [-0.3, -0.25) is 4.79 Å². The van der Waals surface area contributed by atoms with Gasteiger partial charge in [-0.1, -0.05) is 57.2 Å². The molecule has 0 aromatic heterocycles. The first-order chi connectivity index (χ1) is 17.8. The average Bonchev–Trinajstić information content (AvgIpc) is 3.67. The molecule has 2 atom stereocenters. The number of hydrogen-bond donors (Lipinski definition) is 0. The maximum Gasteiger partial charge on any atom is 0.244 e. The van der Waals surface area contributed by atoms with Crippen molar-refractivity contribution in [3.05, 3.63) is 42.5 Å². The maximum atomic E-state index is 14.0. The summed E-state index contributed by atoms with van der Waals surface area (Å²) < 4.78 is 58.6. The Morgan fingerprint density at radius 1 is 0.921 bits per heavy atom. The summed E-state index contributed by atoms with van der Waals surface area (Å²) in [5.41, 5.74) is -1.29. The highest BCUT2D eigenvalue weighted by atomic mass is 32.2. The Balaban J connectivity index is 1.36. The molecule has 1 saturated heterocycles. The Morgan fingerprint density at radius 3 is 2.11 bits per heavy atom. The second-order valence-corrected chi connectivity index (χ2v) is 16.0. The van der Waals surface area contributed by atoms with Crippen LogP contribution in [-0.2, 0) is 24.8 Å². The molecule has 7 nitrogen and oxygen atoms in total. The third kappa shape index (κ3) is 4.53. The van der Waals surface area contributed by atoms with E-state index in [2.05, 4.69) is 6.92 Å². The van der Waals surface area contributed by atoms with E-state index < -0.39 is 30.9 Å². The fourth-order valence-electron chi connectivity index (χ4n) is 6.94. The van der Waals surface area contributed by atoms with E-state index in [9.17, 15) is 21.6 Å². The van der Waals surface area contributed by atoms with Crippen LogP contribution in [0.5, 0.6) is 0 Å². The molecule has 1 aliphatic heterocycles. The first kappa shape index (κ1) is 27.7. The number of carbonyl (C=O) groups excluding carboxylic acids is 1. The third-order valence-corrected chi connectivity index (χ3v) is 14.0. The Labute approximate surface area is 227 Å². The van der Waals surface area contributed by atoms with E-state index >= 15 is 0 Å². The average molecular weight is 561 g/mol. The largest absolute Gasteiger partial charge is 0.299 e. The van der Waals surface area contributed by atoms with Gasteiger partial charge in [-0.15, -0.1) is 0 Å². The summed E-state index contributed by atoms with van der Waals surface area (Å²) >= 11 is 0. The molecule has 1 heterocycles. The summed E-state index contributed by atoms with van der Waals surface area (Å²) in [5, 5.41) is 1.59. The van der Waals surface area contributed by atoms with Crippen molar-refractivity contribution in [2.24, 2.45) is 16.7 Å². The highest BCUT2D eigenvalue weighted by molar-refractivity contribution is 7.89. The van der Waals surface area contributed by atoms with Crippen LogP contribution >= 0.6 is 0 Å². The van der Waals surface area contributed by atoms with Gasteiger partial charge in [0.2, 0.25) is 20.0 Å². The number of piperidine rings is 1. The lowest BCUT2D eigenvalue weighted by Gasteiger charge is -2.43. The van der Waals surface area contributed by atoms with Gasteiger partial charge >= 0.3 is 0 Å². The van der Waals surface area contributed by atoms with Crippen molar-refractivity contribution in [1.82, 2.24) is 8.61 Å². The molecular formula is C29H40N2O5S2. The minimum Gasteiger partial charge on any atom is -0.299 e. The molecule has 3 aliphatic rings. The molecule has 0 bridgehead atoms. The quantitative estimate of drug-likeness (QED) is 0.462. The molecule has 2 saturated carbocycles. The molecule has 0 radical (unpaired) electrons. The summed E-state index contributed by atoms with van der Waals surface area (Å²) in [4.78, 5) is 13.2. The van der Waals surface area contributed by atoms with Crippen molar-refractivity contribution in [1.29, 1.82) is 0 Å². The molecule has 2 unspecified atom stereocenters. The van der Waals surface area contributed by atoms with E-state index in [-0.39, 0.29) is 42.6 Å². The molecule has 2 aromatic rings. The van der Waals surface area contributed by atoms with Crippen molar-refractivity contribution in [2.75, 3.05) is 18.8 Å². The van der Waals surface area contributed by atoms with Crippen LogP contribution in [0.2, 0.25) is 0 Å². The summed E-state index contributed by atoms with van der Waals surface area (Å²) in [6.45, 7) is 8.23. The predicted octanol–water partition coefficient (Wildman–Crippen LogP) is 4.82. The highest BCUT2D eigenvalue weighted by Crippen LogP contribution is 2.57. The monoisotopic (exact) mass is 560 g/mol. The number of hydrogen-bond acceptors (Lipinski definition) is 5. The normalized spacial score (nSPS) is 27.2. The first-order valence-electron chi connectivity index (χ1n) is 13.8. The van der Waals surface area contributed by atoms with Crippen LogP contribution in [0.25, 0.3) is 10.8 Å². The lowest BCUT2D eigenvalue weighted by Crippen LogP contribution is -2.53. The van der Waals surface area contributed by atoms with E-state index in [4.69, 9.17) is 0 Å². The molecule has 208 valence electrons.